The first kappa shape index (κ1) is 21.6. The molecule has 0 spiro atoms. The standard InChI is InChI=1S/C23H18Cl2N2O3S/c1-13-19-21(28)26-18(11-15-7-8-16(24)12-17(15)25)27-22(19)31-20(13)23(29)30-10-9-14-5-3-2-4-6-14/h2-8,12H,9-11H2,1H3,(H,26,27,28). The van der Waals surface area contributed by atoms with Gasteiger partial charge < -0.3 is 9.72 Å². The summed E-state index contributed by atoms with van der Waals surface area (Å²) in [5.41, 5.74) is 2.17. The molecule has 4 rings (SSSR count). The monoisotopic (exact) mass is 472 g/mol. The number of esters is 1. The fourth-order valence-corrected chi connectivity index (χ4v) is 4.85. The number of carbonyl (C=O) groups is 1. The number of carbonyl (C=O) groups excluding carboxylic acids is 1. The molecule has 0 saturated heterocycles. The smallest absolute Gasteiger partial charge is 0.348 e. The molecular formula is C23H18Cl2N2O3S. The van der Waals surface area contributed by atoms with Crippen LogP contribution in [-0.2, 0) is 17.6 Å². The number of thiophene rings is 1. The zero-order valence-corrected chi connectivity index (χ0v) is 18.9. The van der Waals surface area contributed by atoms with Gasteiger partial charge in [0.25, 0.3) is 5.56 Å². The van der Waals surface area contributed by atoms with Crippen molar-refractivity contribution >= 4 is 50.7 Å². The SMILES string of the molecule is Cc1c(C(=O)OCCc2ccccc2)sc2nc(Cc3ccc(Cl)cc3Cl)[nH]c(=O)c12. The molecule has 0 unspecified atom stereocenters. The van der Waals surface area contributed by atoms with E-state index in [9.17, 15) is 9.59 Å². The van der Waals surface area contributed by atoms with E-state index in [-0.39, 0.29) is 12.2 Å². The van der Waals surface area contributed by atoms with E-state index < -0.39 is 5.97 Å². The Balaban J connectivity index is 1.55. The Labute approximate surface area is 192 Å². The van der Waals surface area contributed by atoms with Gasteiger partial charge in [-0.15, -0.1) is 11.3 Å². The molecule has 0 radical (unpaired) electrons. The minimum absolute atomic E-state index is 0.265. The van der Waals surface area contributed by atoms with Gasteiger partial charge in [-0.2, -0.15) is 0 Å². The molecule has 5 nitrogen and oxygen atoms in total. The van der Waals surface area contributed by atoms with E-state index in [2.05, 4.69) is 9.97 Å². The molecule has 0 amide bonds. The summed E-state index contributed by atoms with van der Waals surface area (Å²) in [5.74, 6) is 0.0186. The van der Waals surface area contributed by atoms with Crippen LogP contribution < -0.4 is 5.56 Å². The van der Waals surface area contributed by atoms with Crippen molar-refractivity contribution in [1.29, 1.82) is 0 Å². The maximum absolute atomic E-state index is 12.7. The lowest BCUT2D eigenvalue weighted by Crippen LogP contribution is -2.12. The number of aryl methyl sites for hydroxylation is 1. The normalized spacial score (nSPS) is 11.1. The molecule has 0 atom stereocenters. The van der Waals surface area contributed by atoms with Crippen LogP contribution >= 0.6 is 34.5 Å². The van der Waals surface area contributed by atoms with Crippen LogP contribution in [0.1, 0.15) is 32.2 Å². The van der Waals surface area contributed by atoms with Gasteiger partial charge in [-0.05, 0) is 35.7 Å². The fraction of sp³-hybridized carbons (Fsp3) is 0.174. The lowest BCUT2D eigenvalue weighted by Gasteiger charge is -2.04. The third kappa shape index (κ3) is 4.82. The Kier molecular flexibility index (Phi) is 6.41. The number of aromatic nitrogens is 2. The molecule has 2 aromatic heterocycles. The average molecular weight is 473 g/mol. The Hall–Kier alpha value is -2.67. The van der Waals surface area contributed by atoms with Crippen molar-refractivity contribution in [2.45, 2.75) is 19.8 Å². The van der Waals surface area contributed by atoms with Crippen molar-refractivity contribution in [3.8, 4) is 0 Å². The summed E-state index contributed by atoms with van der Waals surface area (Å²) >= 11 is 13.3. The second-order valence-corrected chi connectivity index (χ2v) is 8.88. The van der Waals surface area contributed by atoms with Gasteiger partial charge in [0.1, 0.15) is 15.5 Å². The molecule has 2 aromatic carbocycles. The predicted octanol–water partition coefficient (Wildman–Crippen LogP) is 5.59. The summed E-state index contributed by atoms with van der Waals surface area (Å²) in [6, 6.07) is 15.0. The van der Waals surface area contributed by atoms with Gasteiger partial charge in [-0.3, -0.25) is 4.79 Å². The zero-order chi connectivity index (χ0) is 22.0. The quantitative estimate of drug-likeness (QED) is 0.371. The fourth-order valence-electron chi connectivity index (χ4n) is 3.28. The maximum atomic E-state index is 12.7. The predicted molar refractivity (Wildman–Crippen MR) is 125 cm³/mol. The van der Waals surface area contributed by atoms with E-state index in [4.69, 9.17) is 27.9 Å². The van der Waals surface area contributed by atoms with Gasteiger partial charge in [0.15, 0.2) is 0 Å². The molecule has 1 N–H and O–H groups in total. The molecule has 4 aromatic rings. The van der Waals surface area contributed by atoms with Gasteiger partial charge in [-0.25, -0.2) is 9.78 Å². The van der Waals surface area contributed by atoms with Crippen molar-refractivity contribution < 1.29 is 9.53 Å². The van der Waals surface area contributed by atoms with Crippen LogP contribution in [0.15, 0.2) is 53.3 Å². The summed E-state index contributed by atoms with van der Waals surface area (Å²) in [6.07, 6.45) is 0.969. The van der Waals surface area contributed by atoms with Crippen molar-refractivity contribution in [2.75, 3.05) is 6.61 Å². The summed E-state index contributed by atoms with van der Waals surface area (Å²) in [6.45, 7) is 2.00. The topological polar surface area (TPSA) is 72.0 Å². The number of rotatable bonds is 6. The highest BCUT2D eigenvalue weighted by Crippen LogP contribution is 2.28. The first-order valence-electron chi connectivity index (χ1n) is 9.59. The summed E-state index contributed by atoms with van der Waals surface area (Å²) < 4.78 is 5.44. The van der Waals surface area contributed by atoms with Crippen LogP contribution in [0.4, 0.5) is 0 Å². The molecule has 0 bridgehead atoms. The Morgan fingerprint density at radius 2 is 1.94 bits per heavy atom. The molecule has 31 heavy (non-hydrogen) atoms. The minimum atomic E-state index is -0.446. The van der Waals surface area contributed by atoms with Crippen LogP contribution in [0.25, 0.3) is 10.2 Å². The van der Waals surface area contributed by atoms with E-state index in [1.807, 2.05) is 30.3 Å². The van der Waals surface area contributed by atoms with E-state index >= 15 is 0 Å². The van der Waals surface area contributed by atoms with Gasteiger partial charge in [0.2, 0.25) is 0 Å². The number of halogens is 2. The molecule has 0 fully saturated rings. The van der Waals surface area contributed by atoms with Crippen molar-refractivity contribution in [3.63, 3.8) is 0 Å². The number of nitrogens with zero attached hydrogens (tertiary/aromatic N) is 1. The van der Waals surface area contributed by atoms with E-state index in [0.717, 1.165) is 22.5 Å². The van der Waals surface area contributed by atoms with Crippen molar-refractivity contribution in [3.05, 3.63) is 96.3 Å². The molecule has 0 aliphatic rings. The summed E-state index contributed by atoms with van der Waals surface area (Å²) in [4.78, 5) is 33.5. The number of aromatic amines is 1. The Morgan fingerprint density at radius 1 is 1.16 bits per heavy atom. The van der Waals surface area contributed by atoms with Crippen molar-refractivity contribution in [2.24, 2.45) is 0 Å². The van der Waals surface area contributed by atoms with E-state index in [0.29, 0.717) is 49.4 Å². The third-order valence-corrected chi connectivity index (χ3v) is 6.63. The summed E-state index contributed by atoms with van der Waals surface area (Å²) in [5, 5.41) is 1.45. The lowest BCUT2D eigenvalue weighted by molar-refractivity contribution is 0.0514. The minimum Gasteiger partial charge on any atom is -0.461 e. The third-order valence-electron chi connectivity index (χ3n) is 4.87. The van der Waals surface area contributed by atoms with Crippen LogP contribution in [0.3, 0.4) is 0 Å². The number of nitrogens with one attached hydrogen (secondary N) is 1. The van der Waals surface area contributed by atoms with Crippen LogP contribution in [0.5, 0.6) is 0 Å². The molecule has 158 valence electrons. The van der Waals surface area contributed by atoms with Gasteiger partial charge in [0.05, 0.1) is 12.0 Å². The summed E-state index contributed by atoms with van der Waals surface area (Å²) in [7, 11) is 0. The average Bonchev–Trinajstić information content (AvgIpc) is 3.08. The number of H-pyrrole nitrogens is 1. The van der Waals surface area contributed by atoms with Gasteiger partial charge in [0, 0.05) is 22.9 Å². The van der Waals surface area contributed by atoms with Crippen LogP contribution in [0.2, 0.25) is 10.0 Å². The maximum Gasteiger partial charge on any atom is 0.348 e. The number of ether oxygens (including phenoxy) is 1. The number of hydrogen-bond donors (Lipinski definition) is 1. The second kappa shape index (κ2) is 9.22. The van der Waals surface area contributed by atoms with Crippen LogP contribution in [0, 0.1) is 6.92 Å². The molecule has 2 heterocycles. The van der Waals surface area contributed by atoms with Crippen LogP contribution in [-0.4, -0.2) is 22.5 Å². The molecule has 8 heteroatoms. The Morgan fingerprint density at radius 3 is 2.68 bits per heavy atom. The Bertz CT molecular complexity index is 1320. The highest BCUT2D eigenvalue weighted by Gasteiger charge is 2.20. The zero-order valence-electron chi connectivity index (χ0n) is 16.6. The van der Waals surface area contributed by atoms with E-state index in [1.54, 1.807) is 25.1 Å². The molecular weight excluding hydrogens is 455 g/mol. The number of benzene rings is 2. The first-order chi connectivity index (χ1) is 14.9. The first-order valence-corrected chi connectivity index (χ1v) is 11.2. The molecule has 0 aliphatic carbocycles. The highest BCUT2D eigenvalue weighted by atomic mass is 35.5. The van der Waals surface area contributed by atoms with Gasteiger partial charge in [-0.1, -0.05) is 59.6 Å². The van der Waals surface area contributed by atoms with E-state index in [1.165, 1.54) is 0 Å². The molecule has 0 saturated carbocycles. The molecule has 0 aliphatic heterocycles. The number of hydrogen-bond acceptors (Lipinski definition) is 5. The van der Waals surface area contributed by atoms with Crippen molar-refractivity contribution in [1.82, 2.24) is 9.97 Å². The lowest BCUT2D eigenvalue weighted by atomic mass is 10.1. The van der Waals surface area contributed by atoms with Gasteiger partial charge >= 0.3 is 5.97 Å². The second-order valence-electron chi connectivity index (χ2n) is 7.03. The largest absolute Gasteiger partial charge is 0.461 e. The number of fused-ring (bicyclic) bond motifs is 1. The highest BCUT2D eigenvalue weighted by molar-refractivity contribution is 7.20.